The first-order valence-electron chi connectivity index (χ1n) is 7.03. The monoisotopic (exact) mass is 395 g/mol. The largest absolute Gasteiger partial charge is 0.365 e. The van der Waals surface area contributed by atoms with Crippen molar-refractivity contribution >= 4 is 52.0 Å². The summed E-state index contributed by atoms with van der Waals surface area (Å²) >= 11 is 19.7. The van der Waals surface area contributed by atoms with Gasteiger partial charge in [-0.25, -0.2) is 0 Å². The van der Waals surface area contributed by atoms with Gasteiger partial charge in [0.2, 0.25) is 0 Å². The Bertz CT molecular complexity index is 932. The van der Waals surface area contributed by atoms with Crippen LogP contribution in [0.5, 0.6) is 0 Å². The first kappa shape index (κ1) is 17.3. The van der Waals surface area contributed by atoms with Gasteiger partial charge in [0, 0.05) is 26.0 Å². The molecule has 0 fully saturated rings. The van der Waals surface area contributed by atoms with Gasteiger partial charge in [0.25, 0.3) is 5.91 Å². The fraction of sp³-hybridized carbons (Fsp3) is 0.0556. The van der Waals surface area contributed by atoms with Crippen LogP contribution in [0.3, 0.4) is 0 Å². The van der Waals surface area contributed by atoms with Gasteiger partial charge >= 0.3 is 0 Å². The van der Waals surface area contributed by atoms with E-state index in [1.54, 1.807) is 12.1 Å². The molecule has 122 valence electrons. The van der Waals surface area contributed by atoms with Crippen LogP contribution in [0.4, 0.5) is 0 Å². The number of hydrogen-bond donors (Lipinski definition) is 1. The average molecular weight is 397 g/mol. The highest BCUT2D eigenvalue weighted by molar-refractivity contribution is 7.18. The third-order valence-electron chi connectivity index (χ3n) is 3.68. The van der Waals surface area contributed by atoms with Crippen molar-refractivity contribution in [3.05, 3.63) is 68.0 Å². The normalized spacial score (nSPS) is 10.8. The van der Waals surface area contributed by atoms with E-state index < -0.39 is 5.91 Å². The Morgan fingerprint density at radius 2 is 1.62 bits per heavy atom. The molecular weight excluding hydrogens is 385 g/mol. The molecule has 1 amide bonds. The van der Waals surface area contributed by atoms with E-state index in [-0.39, 0.29) is 0 Å². The van der Waals surface area contributed by atoms with Gasteiger partial charge in [0.1, 0.15) is 0 Å². The predicted molar refractivity (Wildman–Crippen MR) is 103 cm³/mol. The second kappa shape index (κ2) is 6.77. The summed E-state index contributed by atoms with van der Waals surface area (Å²) in [6, 6.07) is 12.7. The minimum absolute atomic E-state index is 0.455. The smallest absolute Gasteiger partial charge is 0.259 e. The summed E-state index contributed by atoms with van der Waals surface area (Å²) in [5.74, 6) is -0.455. The Morgan fingerprint density at radius 3 is 2.21 bits per heavy atom. The second-order valence-electron chi connectivity index (χ2n) is 5.26. The van der Waals surface area contributed by atoms with Gasteiger partial charge in [-0.1, -0.05) is 53.0 Å². The zero-order valence-electron chi connectivity index (χ0n) is 12.6. The van der Waals surface area contributed by atoms with Gasteiger partial charge in [0.15, 0.2) is 0 Å². The van der Waals surface area contributed by atoms with Crippen molar-refractivity contribution in [1.29, 1.82) is 0 Å². The summed E-state index contributed by atoms with van der Waals surface area (Å²) < 4.78 is 0. The number of halogens is 3. The highest BCUT2D eigenvalue weighted by atomic mass is 35.5. The van der Waals surface area contributed by atoms with E-state index in [0.717, 1.165) is 27.1 Å². The van der Waals surface area contributed by atoms with E-state index in [0.29, 0.717) is 19.9 Å². The first-order chi connectivity index (χ1) is 11.4. The molecule has 0 saturated carbocycles. The summed E-state index contributed by atoms with van der Waals surface area (Å²) in [6.07, 6.45) is 0. The molecule has 6 heteroatoms. The molecule has 0 unspecified atom stereocenters. The van der Waals surface area contributed by atoms with Gasteiger partial charge in [-0.15, -0.1) is 11.3 Å². The molecule has 0 saturated heterocycles. The molecule has 2 nitrogen and oxygen atoms in total. The molecule has 0 aliphatic heterocycles. The van der Waals surface area contributed by atoms with Gasteiger partial charge in [-0.2, -0.15) is 0 Å². The molecule has 24 heavy (non-hydrogen) atoms. The lowest BCUT2D eigenvalue weighted by molar-refractivity contribution is 0.100. The molecule has 0 aliphatic rings. The summed E-state index contributed by atoms with van der Waals surface area (Å²) in [6.45, 7) is 1.88. The lowest BCUT2D eigenvalue weighted by atomic mass is 9.98. The lowest BCUT2D eigenvalue weighted by Crippen LogP contribution is -2.10. The summed E-state index contributed by atoms with van der Waals surface area (Å²) in [5, 5.41) is 1.73. The Morgan fingerprint density at radius 1 is 1.00 bits per heavy atom. The number of thiophene rings is 1. The van der Waals surface area contributed by atoms with Crippen LogP contribution >= 0.6 is 46.1 Å². The van der Waals surface area contributed by atoms with Crippen molar-refractivity contribution in [2.24, 2.45) is 5.73 Å². The van der Waals surface area contributed by atoms with Crippen LogP contribution in [-0.2, 0) is 0 Å². The van der Waals surface area contributed by atoms with Gasteiger partial charge in [0.05, 0.1) is 9.90 Å². The molecule has 0 spiro atoms. The minimum atomic E-state index is -0.455. The number of carbonyl (C=O) groups excluding carboxylic acids is 1. The van der Waals surface area contributed by atoms with E-state index >= 15 is 0 Å². The molecule has 2 N–H and O–H groups in total. The molecular formula is C18H12Cl3NOS. The van der Waals surface area contributed by atoms with Crippen LogP contribution in [0.15, 0.2) is 42.5 Å². The fourth-order valence-electron chi connectivity index (χ4n) is 2.58. The third-order valence-corrected chi connectivity index (χ3v) is 5.82. The topological polar surface area (TPSA) is 43.1 Å². The summed E-state index contributed by atoms with van der Waals surface area (Å²) in [5.41, 5.74) is 9.05. The Labute approximate surface area is 158 Å². The van der Waals surface area contributed by atoms with E-state index in [2.05, 4.69) is 0 Å². The predicted octanol–water partition coefficient (Wildman–Crippen LogP) is 6.45. The quantitative estimate of drug-likeness (QED) is 0.543. The maximum atomic E-state index is 11.8. The Balaban J connectivity index is 2.30. The van der Waals surface area contributed by atoms with Crippen molar-refractivity contribution in [2.45, 2.75) is 6.92 Å². The molecule has 3 rings (SSSR count). The lowest BCUT2D eigenvalue weighted by Gasteiger charge is -2.08. The van der Waals surface area contributed by atoms with Crippen LogP contribution in [0.1, 0.15) is 15.2 Å². The van der Waals surface area contributed by atoms with Crippen LogP contribution < -0.4 is 5.73 Å². The SMILES string of the molecule is Cc1c(C(N)=O)sc(-c2ccc(Cl)cc2Cl)c1-c1ccc(Cl)cc1. The van der Waals surface area contributed by atoms with Gasteiger partial charge < -0.3 is 5.73 Å². The van der Waals surface area contributed by atoms with Crippen LogP contribution in [0.25, 0.3) is 21.6 Å². The number of hydrogen-bond acceptors (Lipinski definition) is 2. The second-order valence-corrected chi connectivity index (χ2v) is 7.56. The van der Waals surface area contributed by atoms with Gasteiger partial charge in [-0.05, 0) is 42.3 Å². The van der Waals surface area contributed by atoms with Crippen molar-refractivity contribution in [2.75, 3.05) is 0 Å². The van der Waals surface area contributed by atoms with E-state index in [9.17, 15) is 4.79 Å². The zero-order valence-corrected chi connectivity index (χ0v) is 15.7. The summed E-state index contributed by atoms with van der Waals surface area (Å²) in [7, 11) is 0. The zero-order chi connectivity index (χ0) is 17.4. The van der Waals surface area contributed by atoms with Crippen molar-refractivity contribution in [3.63, 3.8) is 0 Å². The van der Waals surface area contributed by atoms with Crippen LogP contribution in [0.2, 0.25) is 15.1 Å². The molecule has 0 aliphatic carbocycles. The molecule has 0 radical (unpaired) electrons. The van der Waals surface area contributed by atoms with Gasteiger partial charge in [-0.3, -0.25) is 4.79 Å². The highest BCUT2D eigenvalue weighted by Crippen LogP contribution is 2.45. The van der Waals surface area contributed by atoms with Crippen LogP contribution in [0, 0.1) is 6.92 Å². The van der Waals surface area contributed by atoms with E-state index in [1.807, 2.05) is 37.3 Å². The Hall–Kier alpha value is -1.52. The maximum Gasteiger partial charge on any atom is 0.259 e. The third kappa shape index (κ3) is 3.17. The maximum absolute atomic E-state index is 11.8. The Kier molecular flexibility index (Phi) is 4.88. The summed E-state index contributed by atoms with van der Waals surface area (Å²) in [4.78, 5) is 13.2. The van der Waals surface area contributed by atoms with E-state index in [1.165, 1.54) is 11.3 Å². The number of benzene rings is 2. The van der Waals surface area contributed by atoms with Crippen molar-refractivity contribution in [1.82, 2.24) is 0 Å². The number of nitrogens with two attached hydrogens (primary N) is 1. The standard InChI is InChI=1S/C18H12Cl3NOS/c1-9-15(10-2-4-11(19)5-3-10)17(24-16(9)18(22)23)13-7-6-12(20)8-14(13)21/h2-8H,1H3,(H2,22,23). The molecule has 3 aromatic rings. The molecule has 0 bridgehead atoms. The highest BCUT2D eigenvalue weighted by Gasteiger charge is 2.22. The first-order valence-corrected chi connectivity index (χ1v) is 8.98. The molecule has 0 atom stereocenters. The number of primary amides is 1. The molecule has 2 aromatic carbocycles. The minimum Gasteiger partial charge on any atom is -0.365 e. The number of amides is 1. The molecule has 1 aromatic heterocycles. The number of rotatable bonds is 3. The fourth-order valence-corrected chi connectivity index (χ4v) is 4.48. The van der Waals surface area contributed by atoms with Crippen LogP contribution in [-0.4, -0.2) is 5.91 Å². The number of carbonyl (C=O) groups is 1. The molecule has 1 heterocycles. The van der Waals surface area contributed by atoms with E-state index in [4.69, 9.17) is 40.5 Å². The van der Waals surface area contributed by atoms with Crippen molar-refractivity contribution in [3.8, 4) is 21.6 Å². The van der Waals surface area contributed by atoms with Crippen molar-refractivity contribution < 1.29 is 4.79 Å². The average Bonchev–Trinajstić information content (AvgIpc) is 2.86.